The SMILES string of the molecule is CC(C)C(N)C(=O)NCC(=O)Nc1ccc(COC(=O)N(CCc2c3c(nc4ccccc24)-c2cc4c(c(=O)n2C3)COC(=O)C4O)C(C)C)cc1OC1CC(O)CC(C(=O)O)O1. The second kappa shape index (κ2) is 18.5. The number of amides is 3. The van der Waals surface area contributed by atoms with E-state index in [2.05, 4.69) is 10.6 Å². The van der Waals surface area contributed by atoms with Crippen LogP contribution in [-0.2, 0) is 59.6 Å². The molecule has 19 heteroatoms. The molecule has 63 heavy (non-hydrogen) atoms. The summed E-state index contributed by atoms with van der Waals surface area (Å²) in [6.45, 7) is 6.74. The van der Waals surface area contributed by atoms with Gasteiger partial charge >= 0.3 is 18.0 Å². The zero-order valence-electron chi connectivity index (χ0n) is 35.2. The highest BCUT2D eigenvalue weighted by molar-refractivity contribution is 5.96. The average molecular weight is 871 g/mol. The number of para-hydroxylation sites is 1. The normalized spacial score (nSPS) is 19.4. The van der Waals surface area contributed by atoms with Gasteiger partial charge in [-0.2, -0.15) is 0 Å². The molecule has 5 heterocycles. The number of carbonyl (C=O) groups is 5. The average Bonchev–Trinajstić information content (AvgIpc) is 3.61. The van der Waals surface area contributed by atoms with E-state index < -0.39 is 67.0 Å². The number of fused-ring (bicyclic) bond motifs is 5. The van der Waals surface area contributed by atoms with Crippen LogP contribution in [0.25, 0.3) is 22.3 Å². The molecule has 2 aromatic heterocycles. The number of nitrogens with zero attached hydrogens (tertiary/aromatic N) is 3. The smallest absolute Gasteiger partial charge is 0.410 e. The summed E-state index contributed by atoms with van der Waals surface area (Å²) in [6, 6.07) is 12.6. The summed E-state index contributed by atoms with van der Waals surface area (Å²) >= 11 is 0. The minimum absolute atomic E-state index is 0.0269. The number of aliphatic hydroxyl groups is 2. The Bertz CT molecular complexity index is 2520. The molecule has 5 unspecified atom stereocenters. The third-order valence-electron chi connectivity index (χ3n) is 11.4. The summed E-state index contributed by atoms with van der Waals surface area (Å²) in [5, 5.41) is 36.5. The molecule has 7 rings (SSSR count). The number of carboxylic acid groups (broad SMARTS) is 1. The van der Waals surface area contributed by atoms with E-state index in [4.69, 9.17) is 29.7 Å². The van der Waals surface area contributed by atoms with Gasteiger partial charge < -0.3 is 60.1 Å². The van der Waals surface area contributed by atoms with Crippen molar-refractivity contribution in [1.29, 1.82) is 0 Å². The number of carbonyl (C=O) groups excluding carboxylic acids is 4. The lowest BCUT2D eigenvalue weighted by molar-refractivity contribution is -0.195. The van der Waals surface area contributed by atoms with Gasteiger partial charge in [0, 0.05) is 41.9 Å². The molecule has 0 saturated carbocycles. The highest BCUT2D eigenvalue weighted by atomic mass is 16.7. The predicted molar refractivity (Wildman–Crippen MR) is 224 cm³/mol. The molecule has 0 spiro atoms. The number of cyclic esters (lactones) is 1. The zero-order chi connectivity index (χ0) is 45.3. The van der Waals surface area contributed by atoms with Gasteiger partial charge in [-0.3, -0.25) is 14.4 Å². The number of ether oxygens (including phenoxy) is 4. The Morgan fingerprint density at radius 1 is 1.03 bits per heavy atom. The first-order valence-corrected chi connectivity index (χ1v) is 20.6. The van der Waals surface area contributed by atoms with Crippen LogP contribution in [-0.4, -0.2) is 103 Å². The summed E-state index contributed by atoms with van der Waals surface area (Å²) in [5.41, 5.74) is 9.78. The molecular formula is C44H50N6O13. The van der Waals surface area contributed by atoms with Gasteiger partial charge in [-0.25, -0.2) is 19.4 Å². The van der Waals surface area contributed by atoms with Crippen LogP contribution in [0.15, 0.2) is 53.3 Å². The fourth-order valence-electron chi connectivity index (χ4n) is 7.84. The van der Waals surface area contributed by atoms with Gasteiger partial charge in [-0.15, -0.1) is 0 Å². The van der Waals surface area contributed by atoms with E-state index in [9.17, 15) is 44.1 Å². The maximum Gasteiger partial charge on any atom is 0.410 e. The number of hydrogen-bond acceptors (Lipinski definition) is 14. The Hall–Kier alpha value is -6.41. The van der Waals surface area contributed by atoms with Crippen LogP contribution in [0.5, 0.6) is 5.75 Å². The maximum atomic E-state index is 13.8. The van der Waals surface area contributed by atoms with E-state index in [1.807, 2.05) is 38.1 Å². The largest absolute Gasteiger partial charge is 0.479 e. The quantitative estimate of drug-likeness (QED) is 0.0876. The van der Waals surface area contributed by atoms with Crippen molar-refractivity contribution in [3.05, 3.63) is 86.7 Å². The summed E-state index contributed by atoms with van der Waals surface area (Å²) in [7, 11) is 0. The molecule has 2 aromatic carbocycles. The fraction of sp³-hybridized carbons (Fsp3) is 0.432. The molecule has 1 fully saturated rings. The lowest BCUT2D eigenvalue weighted by atomic mass is 9.97. The molecule has 0 radical (unpaired) electrons. The van der Waals surface area contributed by atoms with Crippen molar-refractivity contribution in [3.8, 4) is 17.1 Å². The highest BCUT2D eigenvalue weighted by Gasteiger charge is 2.36. The van der Waals surface area contributed by atoms with Crippen LogP contribution < -0.4 is 26.7 Å². The predicted octanol–water partition coefficient (Wildman–Crippen LogP) is 2.47. The number of hydrogen-bond donors (Lipinski definition) is 6. The van der Waals surface area contributed by atoms with Gasteiger partial charge in [0.15, 0.2) is 12.2 Å². The summed E-state index contributed by atoms with van der Waals surface area (Å²) in [5.74, 6) is -3.37. The number of aromatic nitrogens is 2. The van der Waals surface area contributed by atoms with Gasteiger partial charge in [-0.1, -0.05) is 38.1 Å². The van der Waals surface area contributed by atoms with E-state index in [0.717, 1.165) is 16.5 Å². The van der Waals surface area contributed by atoms with Gasteiger partial charge in [0.05, 0.1) is 53.4 Å². The Balaban J connectivity index is 1.09. The van der Waals surface area contributed by atoms with Gasteiger partial charge in [-0.05, 0) is 61.6 Å². The van der Waals surface area contributed by atoms with Crippen molar-refractivity contribution < 1.29 is 58.2 Å². The Labute approximate surface area is 361 Å². The van der Waals surface area contributed by atoms with E-state index in [-0.39, 0.29) is 79.2 Å². The molecular weight excluding hydrogens is 821 g/mol. The van der Waals surface area contributed by atoms with Crippen molar-refractivity contribution in [1.82, 2.24) is 19.8 Å². The summed E-state index contributed by atoms with van der Waals surface area (Å²) in [4.78, 5) is 83.1. The van der Waals surface area contributed by atoms with Gasteiger partial charge in [0.1, 0.15) is 19.0 Å². The lowest BCUT2D eigenvalue weighted by Gasteiger charge is -2.31. The molecule has 1 saturated heterocycles. The van der Waals surface area contributed by atoms with Crippen LogP contribution in [0.2, 0.25) is 0 Å². The van der Waals surface area contributed by atoms with Crippen LogP contribution in [0.4, 0.5) is 10.5 Å². The first-order chi connectivity index (χ1) is 30.0. The number of esters is 1. The second-order valence-electron chi connectivity index (χ2n) is 16.4. The van der Waals surface area contributed by atoms with Crippen LogP contribution >= 0.6 is 0 Å². The number of aliphatic hydroxyl groups excluding tert-OH is 2. The first-order valence-electron chi connectivity index (χ1n) is 20.6. The van der Waals surface area contributed by atoms with Crippen molar-refractivity contribution in [3.63, 3.8) is 0 Å². The number of carboxylic acids is 1. The van der Waals surface area contributed by atoms with Crippen LogP contribution in [0, 0.1) is 5.92 Å². The van der Waals surface area contributed by atoms with Gasteiger partial charge in [0.25, 0.3) is 5.56 Å². The van der Waals surface area contributed by atoms with Gasteiger partial charge in [0.2, 0.25) is 18.1 Å². The molecule has 0 aliphatic carbocycles. The minimum atomic E-state index is -1.59. The number of pyridine rings is 2. The summed E-state index contributed by atoms with van der Waals surface area (Å²) in [6.07, 6.45) is -5.67. The van der Waals surface area contributed by atoms with Crippen molar-refractivity contribution >= 4 is 46.4 Å². The number of nitrogens with two attached hydrogens (primary N) is 1. The molecule has 334 valence electrons. The van der Waals surface area contributed by atoms with Crippen LogP contribution in [0.1, 0.15) is 74.5 Å². The van der Waals surface area contributed by atoms with Crippen LogP contribution in [0.3, 0.4) is 0 Å². The molecule has 3 amide bonds. The third kappa shape index (κ3) is 9.51. The lowest BCUT2D eigenvalue weighted by Crippen LogP contribution is -2.46. The molecule has 7 N–H and O–H groups in total. The number of aliphatic carboxylic acids is 1. The number of nitrogens with one attached hydrogen (secondary N) is 2. The topological polar surface area (TPSA) is 271 Å². The second-order valence-corrected chi connectivity index (χ2v) is 16.4. The van der Waals surface area contributed by atoms with E-state index >= 15 is 0 Å². The Kier molecular flexibility index (Phi) is 13.1. The molecule has 4 aromatic rings. The standard InChI is InChI=1S/C44H50N6O13/c1-21(2)37(45)40(54)46-17-35(52)47-31-10-9-23(13-33(31)62-36-15-24(51)14-34(63-36)42(56)57)19-61-44(59)49(22(3)4)12-11-25-26-7-5-6-8-30(26)48-38-28(25)18-50-32(38)16-27-29(41(50)55)20-60-43(58)39(27)53/h5-10,13,16,21-22,24,34,36-37,39,51,53H,11-12,14-15,17-20,45H2,1-4H3,(H,46,54)(H,47,52)(H,56,57). The number of anilines is 1. The van der Waals surface area contributed by atoms with E-state index in [1.54, 1.807) is 35.4 Å². The molecule has 3 aliphatic rings. The summed E-state index contributed by atoms with van der Waals surface area (Å²) < 4.78 is 24.0. The first kappa shape index (κ1) is 44.6. The molecule has 5 atom stereocenters. The minimum Gasteiger partial charge on any atom is -0.479 e. The highest BCUT2D eigenvalue weighted by Crippen LogP contribution is 2.38. The number of benzene rings is 2. The van der Waals surface area contributed by atoms with Crippen molar-refractivity contribution in [2.45, 2.75) is 103 Å². The van der Waals surface area contributed by atoms with E-state index in [0.29, 0.717) is 28.9 Å². The maximum absolute atomic E-state index is 13.8. The molecule has 0 bridgehead atoms. The monoisotopic (exact) mass is 870 g/mol. The fourth-order valence-corrected chi connectivity index (χ4v) is 7.84. The Morgan fingerprint density at radius 2 is 1.79 bits per heavy atom. The van der Waals surface area contributed by atoms with Crippen molar-refractivity contribution in [2.24, 2.45) is 11.7 Å². The van der Waals surface area contributed by atoms with E-state index in [1.165, 1.54) is 12.1 Å². The number of rotatable bonds is 14. The van der Waals surface area contributed by atoms with Crippen molar-refractivity contribution in [2.75, 3.05) is 18.4 Å². The third-order valence-corrected chi connectivity index (χ3v) is 11.4. The zero-order valence-corrected chi connectivity index (χ0v) is 35.2. The Morgan fingerprint density at radius 3 is 2.52 bits per heavy atom. The molecule has 19 nitrogen and oxygen atoms in total. The molecule has 3 aliphatic heterocycles.